The van der Waals surface area contributed by atoms with Crippen LogP contribution in [0.2, 0.25) is 0 Å². The first kappa shape index (κ1) is 14.8. The summed E-state index contributed by atoms with van der Waals surface area (Å²) >= 11 is 0. The average Bonchev–Trinajstić information content (AvgIpc) is 2.32. The molecule has 110 valence electrons. The van der Waals surface area contributed by atoms with Gasteiger partial charge >= 0.3 is 0 Å². The van der Waals surface area contributed by atoms with Gasteiger partial charge in [-0.05, 0) is 24.7 Å². The Labute approximate surface area is 118 Å². The van der Waals surface area contributed by atoms with Gasteiger partial charge in [-0.2, -0.15) is 0 Å². The van der Waals surface area contributed by atoms with Gasteiger partial charge in [0.25, 0.3) is 0 Å². The number of aliphatic hydroxyl groups excluding tert-OH is 1. The van der Waals surface area contributed by atoms with Crippen LogP contribution in [-0.2, 0) is 14.4 Å². The number of hydrogen-bond acceptors (Lipinski definition) is 4. The van der Waals surface area contributed by atoms with E-state index in [-0.39, 0.29) is 54.5 Å². The van der Waals surface area contributed by atoms with Gasteiger partial charge in [-0.15, -0.1) is 0 Å². The molecule has 20 heavy (non-hydrogen) atoms. The van der Waals surface area contributed by atoms with E-state index in [2.05, 4.69) is 12.2 Å². The number of carbonyl (C=O) groups is 3. The van der Waals surface area contributed by atoms with E-state index in [0.29, 0.717) is 17.9 Å². The fraction of sp³-hybridized carbons (Fsp3) is 0.667. The number of nitrogens with one attached hydrogen (secondary N) is 1. The first-order chi connectivity index (χ1) is 9.36. The fourth-order valence-corrected chi connectivity index (χ4v) is 3.19. The van der Waals surface area contributed by atoms with Crippen LogP contribution in [0.25, 0.3) is 0 Å². The monoisotopic (exact) mass is 279 g/mol. The lowest BCUT2D eigenvalue weighted by atomic mass is 9.79. The Morgan fingerprint density at radius 1 is 1.20 bits per heavy atom. The van der Waals surface area contributed by atoms with Crippen LogP contribution in [0.15, 0.2) is 11.3 Å². The number of carbonyl (C=O) groups excluding carboxylic acids is 3. The summed E-state index contributed by atoms with van der Waals surface area (Å²) in [5.41, 5.74) is 0.495. The SMILES string of the molecule is C[C@H]1CC(C(=O)CC2CC(=O)NC(=O)C2)=C(O)[C@@H](C)C1. The Kier molecular flexibility index (Phi) is 4.26. The second-order valence-electron chi connectivity index (χ2n) is 6.18. The minimum Gasteiger partial charge on any atom is -0.512 e. The summed E-state index contributed by atoms with van der Waals surface area (Å²) in [5.74, 6) is -0.417. The summed E-state index contributed by atoms with van der Waals surface area (Å²) in [6.07, 6.45) is 2.04. The van der Waals surface area contributed by atoms with Crippen molar-refractivity contribution in [3.8, 4) is 0 Å². The molecular formula is C15H21NO4. The van der Waals surface area contributed by atoms with Gasteiger partial charge in [0.15, 0.2) is 5.78 Å². The van der Waals surface area contributed by atoms with Crippen molar-refractivity contribution in [2.75, 3.05) is 0 Å². The third-order valence-corrected chi connectivity index (χ3v) is 4.12. The van der Waals surface area contributed by atoms with Gasteiger partial charge in [0.05, 0.1) is 0 Å². The molecule has 5 heteroatoms. The van der Waals surface area contributed by atoms with Gasteiger partial charge in [0, 0.05) is 30.8 Å². The second-order valence-corrected chi connectivity index (χ2v) is 6.18. The van der Waals surface area contributed by atoms with Crippen molar-refractivity contribution in [2.45, 2.75) is 46.0 Å². The van der Waals surface area contributed by atoms with E-state index in [1.165, 1.54) is 0 Å². The molecule has 5 nitrogen and oxygen atoms in total. The Bertz CT molecular complexity index is 464. The molecule has 2 amide bonds. The Balaban J connectivity index is 2.06. The molecule has 2 atom stereocenters. The summed E-state index contributed by atoms with van der Waals surface area (Å²) in [5, 5.41) is 12.3. The van der Waals surface area contributed by atoms with Crippen molar-refractivity contribution >= 4 is 17.6 Å². The van der Waals surface area contributed by atoms with Gasteiger partial charge in [0.2, 0.25) is 11.8 Å². The minimum absolute atomic E-state index is 0.00832. The lowest BCUT2D eigenvalue weighted by Gasteiger charge is -2.27. The second kappa shape index (κ2) is 5.77. The van der Waals surface area contributed by atoms with E-state index in [0.717, 1.165) is 6.42 Å². The number of allylic oxidation sites excluding steroid dienone is 2. The van der Waals surface area contributed by atoms with E-state index >= 15 is 0 Å². The van der Waals surface area contributed by atoms with Crippen molar-refractivity contribution in [1.82, 2.24) is 5.32 Å². The average molecular weight is 279 g/mol. The summed E-state index contributed by atoms with van der Waals surface area (Å²) in [4.78, 5) is 34.9. The van der Waals surface area contributed by atoms with Crippen molar-refractivity contribution < 1.29 is 19.5 Å². The number of aliphatic hydroxyl groups is 1. The molecule has 2 rings (SSSR count). The molecule has 1 saturated heterocycles. The van der Waals surface area contributed by atoms with Crippen molar-refractivity contribution in [2.24, 2.45) is 17.8 Å². The van der Waals surface area contributed by atoms with Crippen molar-refractivity contribution in [3.05, 3.63) is 11.3 Å². The number of rotatable bonds is 3. The first-order valence-electron chi connectivity index (χ1n) is 7.14. The minimum atomic E-state index is -0.317. The highest BCUT2D eigenvalue weighted by Gasteiger charge is 2.31. The zero-order valence-electron chi connectivity index (χ0n) is 11.9. The number of imide groups is 1. The fourth-order valence-electron chi connectivity index (χ4n) is 3.19. The van der Waals surface area contributed by atoms with Crippen LogP contribution >= 0.6 is 0 Å². The molecule has 1 fully saturated rings. The molecule has 0 aromatic carbocycles. The van der Waals surface area contributed by atoms with Crippen LogP contribution in [0.3, 0.4) is 0 Å². The lowest BCUT2D eigenvalue weighted by molar-refractivity contribution is -0.135. The molecule has 1 aliphatic heterocycles. The molecule has 0 radical (unpaired) electrons. The Morgan fingerprint density at radius 2 is 1.80 bits per heavy atom. The van der Waals surface area contributed by atoms with Crippen LogP contribution in [0, 0.1) is 17.8 Å². The van der Waals surface area contributed by atoms with Crippen LogP contribution in [0.5, 0.6) is 0 Å². The molecule has 2 N–H and O–H groups in total. The zero-order valence-corrected chi connectivity index (χ0v) is 11.9. The standard InChI is InChI=1S/C15H21NO4/c1-8-3-9(2)15(20)11(4-8)12(17)5-10-6-13(18)16-14(19)7-10/h8-10,20H,3-7H2,1-2H3,(H,16,18,19)/t8-,9+/m1/s1. The van der Waals surface area contributed by atoms with Gasteiger partial charge < -0.3 is 5.11 Å². The predicted octanol–water partition coefficient (Wildman–Crippen LogP) is 1.88. The molecule has 0 aromatic heterocycles. The van der Waals surface area contributed by atoms with Gasteiger partial charge in [-0.25, -0.2) is 0 Å². The molecule has 0 aromatic rings. The number of piperidine rings is 1. The summed E-state index contributed by atoms with van der Waals surface area (Å²) in [6, 6.07) is 0. The van der Waals surface area contributed by atoms with Gasteiger partial charge in [0.1, 0.15) is 5.76 Å². The van der Waals surface area contributed by atoms with Gasteiger partial charge in [-0.1, -0.05) is 13.8 Å². The molecule has 2 aliphatic rings. The number of amides is 2. The highest BCUT2D eigenvalue weighted by molar-refractivity contribution is 6.00. The molecular weight excluding hydrogens is 258 g/mol. The molecule has 0 bridgehead atoms. The molecule has 0 spiro atoms. The first-order valence-corrected chi connectivity index (χ1v) is 7.14. The summed E-state index contributed by atoms with van der Waals surface area (Å²) in [7, 11) is 0. The molecule has 0 saturated carbocycles. The normalized spacial score (nSPS) is 28.5. The van der Waals surface area contributed by atoms with Crippen molar-refractivity contribution in [1.29, 1.82) is 0 Å². The van der Waals surface area contributed by atoms with Crippen LogP contribution in [0.4, 0.5) is 0 Å². The Morgan fingerprint density at radius 3 is 2.40 bits per heavy atom. The Hall–Kier alpha value is -1.65. The molecule has 0 unspecified atom stereocenters. The van der Waals surface area contributed by atoms with Crippen LogP contribution < -0.4 is 5.32 Å². The van der Waals surface area contributed by atoms with E-state index in [1.807, 2.05) is 6.92 Å². The largest absolute Gasteiger partial charge is 0.512 e. The zero-order chi connectivity index (χ0) is 14.9. The van der Waals surface area contributed by atoms with E-state index < -0.39 is 0 Å². The van der Waals surface area contributed by atoms with Crippen LogP contribution in [-0.4, -0.2) is 22.7 Å². The quantitative estimate of drug-likeness (QED) is 0.773. The topological polar surface area (TPSA) is 83.5 Å². The van der Waals surface area contributed by atoms with E-state index in [4.69, 9.17) is 0 Å². The molecule has 1 aliphatic carbocycles. The van der Waals surface area contributed by atoms with E-state index in [9.17, 15) is 19.5 Å². The van der Waals surface area contributed by atoms with Gasteiger partial charge in [-0.3, -0.25) is 19.7 Å². The third kappa shape index (κ3) is 3.26. The highest BCUT2D eigenvalue weighted by atomic mass is 16.3. The maximum Gasteiger partial charge on any atom is 0.226 e. The maximum absolute atomic E-state index is 12.3. The van der Waals surface area contributed by atoms with E-state index in [1.54, 1.807) is 0 Å². The van der Waals surface area contributed by atoms with Crippen LogP contribution in [0.1, 0.15) is 46.0 Å². The van der Waals surface area contributed by atoms with Crippen molar-refractivity contribution in [3.63, 3.8) is 0 Å². The summed E-state index contributed by atoms with van der Waals surface area (Å²) < 4.78 is 0. The predicted molar refractivity (Wildman–Crippen MR) is 72.7 cm³/mol. The number of Topliss-reactive ketones (excluding diaryl/α,β-unsaturated/α-hetero) is 1. The third-order valence-electron chi connectivity index (χ3n) is 4.12. The smallest absolute Gasteiger partial charge is 0.226 e. The lowest BCUT2D eigenvalue weighted by Crippen LogP contribution is -2.39. The highest BCUT2D eigenvalue weighted by Crippen LogP contribution is 2.34. The summed E-state index contributed by atoms with van der Waals surface area (Å²) in [6.45, 7) is 3.98. The molecule has 1 heterocycles. The maximum atomic E-state index is 12.3. The number of ketones is 1. The number of hydrogen-bond donors (Lipinski definition) is 2.